The van der Waals surface area contributed by atoms with Gasteiger partial charge in [-0.05, 0) is 18.8 Å². The van der Waals surface area contributed by atoms with E-state index in [0.717, 1.165) is 38.2 Å². The van der Waals surface area contributed by atoms with E-state index in [1.54, 1.807) is 6.08 Å². The molecule has 2 nitrogen and oxygen atoms in total. The maximum atomic E-state index is 12.6. The molecule has 0 aromatic heterocycles. The van der Waals surface area contributed by atoms with Crippen LogP contribution in [0.4, 0.5) is 13.2 Å². The first kappa shape index (κ1) is 14.1. The van der Waals surface area contributed by atoms with Gasteiger partial charge in [0, 0.05) is 6.42 Å². The Bertz CT molecular complexity index is 280. The van der Waals surface area contributed by atoms with Gasteiger partial charge in [-0.1, -0.05) is 31.4 Å². The molecule has 0 saturated heterocycles. The fraction of sp³-hybridized carbons (Fsp3) is 0.750. The van der Waals surface area contributed by atoms with Gasteiger partial charge in [-0.25, -0.2) is 0 Å². The molecule has 1 aliphatic rings. The third-order valence-corrected chi connectivity index (χ3v) is 3.11. The van der Waals surface area contributed by atoms with Crippen molar-refractivity contribution in [2.45, 2.75) is 44.7 Å². The van der Waals surface area contributed by atoms with Crippen molar-refractivity contribution in [1.29, 1.82) is 0 Å². The summed E-state index contributed by atoms with van der Waals surface area (Å²) >= 11 is 0. The van der Waals surface area contributed by atoms with Gasteiger partial charge in [-0.2, -0.15) is 13.2 Å². The first-order valence-corrected chi connectivity index (χ1v) is 5.93. The average molecular weight is 249 g/mol. The van der Waals surface area contributed by atoms with Crippen LogP contribution in [-0.4, -0.2) is 12.1 Å². The number of amides is 1. The molecule has 0 spiro atoms. The number of carbonyl (C=O) groups is 1. The molecular formula is C12H18F3NO. The molecule has 1 aliphatic carbocycles. The molecule has 0 aromatic rings. The predicted octanol–water partition coefficient (Wildman–Crippen LogP) is 3.18. The van der Waals surface area contributed by atoms with Crippen LogP contribution in [0.5, 0.6) is 0 Å². The molecule has 0 radical (unpaired) electrons. The second kappa shape index (κ2) is 6.07. The number of rotatable bonds is 4. The van der Waals surface area contributed by atoms with Crippen molar-refractivity contribution in [3.05, 3.63) is 12.2 Å². The van der Waals surface area contributed by atoms with Crippen molar-refractivity contribution in [3.8, 4) is 0 Å². The topological polar surface area (TPSA) is 43.1 Å². The van der Waals surface area contributed by atoms with E-state index in [-0.39, 0.29) is 5.92 Å². The lowest BCUT2D eigenvalue weighted by atomic mass is 9.88. The largest absolute Gasteiger partial charge is 0.395 e. The van der Waals surface area contributed by atoms with E-state index < -0.39 is 24.4 Å². The number of alkyl halides is 3. The van der Waals surface area contributed by atoms with Crippen molar-refractivity contribution in [3.63, 3.8) is 0 Å². The Hall–Kier alpha value is -1.00. The molecule has 1 saturated carbocycles. The fourth-order valence-electron chi connectivity index (χ4n) is 2.13. The van der Waals surface area contributed by atoms with Crippen molar-refractivity contribution < 1.29 is 18.0 Å². The Balaban J connectivity index is 2.58. The highest BCUT2D eigenvalue weighted by atomic mass is 19.4. The van der Waals surface area contributed by atoms with E-state index in [0.29, 0.717) is 0 Å². The van der Waals surface area contributed by atoms with Crippen LogP contribution in [0.2, 0.25) is 0 Å². The Morgan fingerprint density at radius 3 is 2.35 bits per heavy atom. The second-order valence-electron chi connectivity index (χ2n) is 4.60. The van der Waals surface area contributed by atoms with Crippen LogP contribution in [0.25, 0.3) is 0 Å². The van der Waals surface area contributed by atoms with Crippen LogP contribution in [0.3, 0.4) is 0 Å². The molecule has 0 aromatic carbocycles. The Labute approximate surface area is 99.1 Å². The second-order valence-corrected chi connectivity index (χ2v) is 4.60. The third kappa shape index (κ3) is 5.24. The zero-order valence-electron chi connectivity index (χ0n) is 9.67. The van der Waals surface area contributed by atoms with Gasteiger partial charge in [-0.3, -0.25) is 4.79 Å². The van der Waals surface area contributed by atoms with Crippen molar-refractivity contribution in [2.75, 3.05) is 0 Å². The lowest BCUT2D eigenvalue weighted by Crippen LogP contribution is -2.27. The minimum Gasteiger partial charge on any atom is -0.370 e. The molecular weight excluding hydrogens is 231 g/mol. The van der Waals surface area contributed by atoms with Crippen molar-refractivity contribution in [1.82, 2.24) is 0 Å². The average Bonchev–Trinajstić information content (AvgIpc) is 2.23. The van der Waals surface area contributed by atoms with Gasteiger partial charge < -0.3 is 5.73 Å². The highest BCUT2D eigenvalue weighted by Gasteiger charge is 2.38. The molecule has 1 atom stereocenters. The summed E-state index contributed by atoms with van der Waals surface area (Å²) in [5.74, 6) is -2.43. The van der Waals surface area contributed by atoms with E-state index in [1.807, 2.05) is 0 Å². The van der Waals surface area contributed by atoms with E-state index in [4.69, 9.17) is 5.73 Å². The van der Waals surface area contributed by atoms with Gasteiger partial charge in [0.1, 0.15) is 0 Å². The quantitative estimate of drug-likeness (QED) is 0.764. The minimum atomic E-state index is -4.39. The minimum absolute atomic E-state index is 0.224. The SMILES string of the molecule is NC(=O)C[C@H](/C=C/C1CCCCC1)C(F)(F)F. The first-order chi connectivity index (χ1) is 7.89. The number of hydrogen-bond donors (Lipinski definition) is 1. The number of primary amides is 1. The van der Waals surface area contributed by atoms with E-state index in [1.165, 1.54) is 0 Å². The Morgan fingerprint density at radius 1 is 1.29 bits per heavy atom. The lowest BCUT2D eigenvalue weighted by Gasteiger charge is -2.20. The molecule has 0 heterocycles. The van der Waals surface area contributed by atoms with Crippen LogP contribution in [0.15, 0.2) is 12.2 Å². The number of carbonyl (C=O) groups excluding carboxylic acids is 1. The number of halogens is 3. The summed E-state index contributed by atoms with van der Waals surface area (Å²) in [5, 5.41) is 0. The van der Waals surface area contributed by atoms with E-state index >= 15 is 0 Å². The summed E-state index contributed by atoms with van der Waals surface area (Å²) in [7, 11) is 0. The first-order valence-electron chi connectivity index (χ1n) is 5.93. The van der Waals surface area contributed by atoms with E-state index in [9.17, 15) is 18.0 Å². The molecule has 17 heavy (non-hydrogen) atoms. The number of nitrogens with two attached hydrogens (primary N) is 1. The maximum absolute atomic E-state index is 12.6. The molecule has 5 heteroatoms. The molecule has 0 aliphatic heterocycles. The van der Waals surface area contributed by atoms with Gasteiger partial charge in [0.15, 0.2) is 0 Å². The standard InChI is InChI=1S/C12H18F3NO/c13-12(14,15)10(8-11(16)17)7-6-9-4-2-1-3-5-9/h6-7,9-10H,1-5,8H2,(H2,16,17)/b7-6+/t10-/m0/s1. The van der Waals surface area contributed by atoms with Gasteiger partial charge in [0.25, 0.3) is 0 Å². The summed E-state index contributed by atoms with van der Waals surface area (Å²) in [6.45, 7) is 0. The molecule has 1 amide bonds. The molecule has 98 valence electrons. The maximum Gasteiger partial charge on any atom is 0.395 e. The molecule has 0 bridgehead atoms. The van der Waals surface area contributed by atoms with Crippen LogP contribution in [0.1, 0.15) is 38.5 Å². The summed E-state index contributed by atoms with van der Waals surface area (Å²) in [6.07, 6.45) is 2.86. The fourth-order valence-corrected chi connectivity index (χ4v) is 2.13. The highest BCUT2D eigenvalue weighted by Crippen LogP contribution is 2.31. The smallest absolute Gasteiger partial charge is 0.370 e. The number of hydrogen-bond acceptors (Lipinski definition) is 1. The van der Waals surface area contributed by atoms with Gasteiger partial charge in [0.2, 0.25) is 5.91 Å². The third-order valence-electron chi connectivity index (χ3n) is 3.11. The zero-order valence-corrected chi connectivity index (χ0v) is 9.67. The van der Waals surface area contributed by atoms with Crippen LogP contribution >= 0.6 is 0 Å². The normalized spacial score (nSPS) is 20.6. The molecule has 2 N–H and O–H groups in total. The summed E-state index contributed by atoms with van der Waals surface area (Å²) in [5.41, 5.74) is 4.83. The van der Waals surface area contributed by atoms with Gasteiger partial charge >= 0.3 is 6.18 Å². The summed E-state index contributed by atoms with van der Waals surface area (Å²) < 4.78 is 37.7. The zero-order chi connectivity index (χ0) is 12.9. The molecule has 1 rings (SSSR count). The molecule has 1 fully saturated rings. The van der Waals surface area contributed by atoms with Crippen LogP contribution in [0, 0.1) is 11.8 Å². The van der Waals surface area contributed by atoms with Crippen LogP contribution in [-0.2, 0) is 4.79 Å². The van der Waals surface area contributed by atoms with Crippen molar-refractivity contribution >= 4 is 5.91 Å². The molecule has 0 unspecified atom stereocenters. The summed E-state index contributed by atoms with van der Waals surface area (Å²) in [6, 6.07) is 0. The summed E-state index contributed by atoms with van der Waals surface area (Å²) in [4.78, 5) is 10.6. The van der Waals surface area contributed by atoms with Crippen LogP contribution < -0.4 is 5.73 Å². The monoisotopic (exact) mass is 249 g/mol. The van der Waals surface area contributed by atoms with Gasteiger partial charge in [0.05, 0.1) is 5.92 Å². The van der Waals surface area contributed by atoms with Crippen molar-refractivity contribution in [2.24, 2.45) is 17.6 Å². The highest BCUT2D eigenvalue weighted by molar-refractivity contribution is 5.74. The van der Waals surface area contributed by atoms with E-state index in [2.05, 4.69) is 0 Å². The van der Waals surface area contributed by atoms with Gasteiger partial charge in [-0.15, -0.1) is 0 Å². The lowest BCUT2D eigenvalue weighted by molar-refractivity contribution is -0.165. The predicted molar refractivity (Wildman–Crippen MR) is 59.1 cm³/mol. The Morgan fingerprint density at radius 2 is 1.88 bits per heavy atom. The number of allylic oxidation sites excluding steroid dienone is 2. The Kier molecular flexibility index (Phi) is 5.02.